The van der Waals surface area contributed by atoms with E-state index in [1.165, 1.54) is 0 Å². The minimum Gasteiger partial charge on any atom is -0.494 e. The van der Waals surface area contributed by atoms with Gasteiger partial charge in [-0.1, -0.05) is 40.0 Å². The summed E-state index contributed by atoms with van der Waals surface area (Å²) in [6, 6.07) is 9.79. The first kappa shape index (κ1) is 31.1. The number of piperidine rings is 1. The van der Waals surface area contributed by atoms with Crippen LogP contribution in [0.15, 0.2) is 30.3 Å². The number of methoxy groups -OCH3 is 1. The van der Waals surface area contributed by atoms with E-state index >= 15 is 0 Å². The van der Waals surface area contributed by atoms with Crippen LogP contribution in [-0.2, 0) is 18.4 Å². The first-order valence-corrected chi connectivity index (χ1v) is 16.4. The highest BCUT2D eigenvalue weighted by atomic mass is 16.5. The van der Waals surface area contributed by atoms with Crippen molar-refractivity contribution in [2.24, 2.45) is 18.4 Å². The molecule has 2 amide bonds. The van der Waals surface area contributed by atoms with Crippen LogP contribution in [0.2, 0.25) is 0 Å². The maximum absolute atomic E-state index is 13.4. The standard InChI is InChI=1S/C35H47N7O3/c1-21-15-25(20-36-19-21)38-33(43)24-16-27-30(29(18-24)45-6)41(5)32(40-27)28-17-23-11-12-26-22(2)37-34(44)35(3,4)13-9-7-8-10-14-42(28)31(23)39-26/h11-12,16-18,21-22,25,36H,7-10,13-15,19-20H2,1-6H3,(H,37,44)(H,38,43)/t21-,22+,25+/m0/s1. The number of imidazole rings is 1. The van der Waals surface area contributed by atoms with E-state index in [1.807, 2.05) is 46.0 Å². The Hall–Kier alpha value is -3.92. The van der Waals surface area contributed by atoms with Crippen molar-refractivity contribution in [3.63, 3.8) is 0 Å². The summed E-state index contributed by atoms with van der Waals surface area (Å²) in [4.78, 5) is 36.7. The van der Waals surface area contributed by atoms with Crippen LogP contribution in [0.5, 0.6) is 5.75 Å². The van der Waals surface area contributed by atoms with Gasteiger partial charge in [-0.15, -0.1) is 0 Å². The average Bonchev–Trinajstić information content (AvgIpc) is 3.54. The monoisotopic (exact) mass is 613 g/mol. The zero-order valence-electron chi connectivity index (χ0n) is 27.5. The van der Waals surface area contributed by atoms with Crippen LogP contribution in [0.4, 0.5) is 0 Å². The SMILES string of the molecule is COc1cc(C(=O)N[C@H]2CNC[C@@H](C)C2)cc2nc(-c3cc4ccc5nc4n3CCCCCCC(C)(C)C(=O)N[C@@H]5C)n(C)c12. The van der Waals surface area contributed by atoms with Crippen LogP contribution < -0.4 is 20.7 Å². The number of hydrogen-bond acceptors (Lipinski definition) is 6. The molecule has 4 aromatic rings. The zero-order chi connectivity index (χ0) is 31.9. The van der Waals surface area contributed by atoms with E-state index in [1.54, 1.807) is 7.11 Å². The Morgan fingerprint density at radius 2 is 1.87 bits per heavy atom. The maximum Gasteiger partial charge on any atom is 0.251 e. The minimum absolute atomic E-state index is 0.0664. The van der Waals surface area contributed by atoms with Crippen LogP contribution in [0.3, 0.4) is 0 Å². The van der Waals surface area contributed by atoms with E-state index in [2.05, 4.69) is 44.1 Å². The molecule has 5 heterocycles. The van der Waals surface area contributed by atoms with Gasteiger partial charge in [0.2, 0.25) is 5.91 Å². The number of carbonyl (C=O) groups is 2. The number of aryl methyl sites for hydroxylation is 2. The highest BCUT2D eigenvalue weighted by Gasteiger charge is 2.29. The molecule has 3 aromatic heterocycles. The van der Waals surface area contributed by atoms with Gasteiger partial charge in [0.05, 0.1) is 30.1 Å². The second kappa shape index (κ2) is 12.5. The highest BCUT2D eigenvalue weighted by Crippen LogP contribution is 2.35. The molecular weight excluding hydrogens is 566 g/mol. The third-order valence-electron chi connectivity index (χ3n) is 9.66. The van der Waals surface area contributed by atoms with E-state index in [0.717, 1.165) is 91.9 Å². The number of nitrogens with one attached hydrogen (secondary N) is 3. The van der Waals surface area contributed by atoms with E-state index in [4.69, 9.17) is 14.7 Å². The number of pyridine rings is 1. The van der Waals surface area contributed by atoms with E-state index in [-0.39, 0.29) is 23.9 Å². The molecule has 0 aliphatic carbocycles. The molecule has 1 saturated heterocycles. The van der Waals surface area contributed by atoms with Crippen LogP contribution in [-0.4, -0.2) is 57.2 Å². The van der Waals surface area contributed by atoms with Crippen molar-refractivity contribution in [1.29, 1.82) is 0 Å². The molecule has 1 fully saturated rings. The van der Waals surface area contributed by atoms with Gasteiger partial charge in [0.15, 0.2) is 5.82 Å². The Morgan fingerprint density at radius 3 is 2.64 bits per heavy atom. The molecule has 2 aliphatic heterocycles. The van der Waals surface area contributed by atoms with Crippen LogP contribution in [0.1, 0.15) is 88.3 Å². The second-order valence-electron chi connectivity index (χ2n) is 13.8. The van der Waals surface area contributed by atoms with Gasteiger partial charge in [-0.25, -0.2) is 9.97 Å². The number of nitrogens with zero attached hydrogens (tertiary/aromatic N) is 4. The lowest BCUT2D eigenvalue weighted by atomic mass is 9.85. The molecule has 2 bridgehead atoms. The molecule has 10 nitrogen and oxygen atoms in total. The number of carbonyl (C=O) groups excluding carboxylic acids is 2. The molecule has 3 N–H and O–H groups in total. The van der Waals surface area contributed by atoms with Crippen molar-refractivity contribution in [2.45, 2.75) is 84.8 Å². The van der Waals surface area contributed by atoms with Crippen molar-refractivity contribution >= 4 is 33.9 Å². The normalized spacial score (nSPS) is 22.7. The van der Waals surface area contributed by atoms with E-state index < -0.39 is 5.41 Å². The summed E-state index contributed by atoms with van der Waals surface area (Å²) in [5.74, 6) is 1.86. The first-order valence-electron chi connectivity index (χ1n) is 16.4. The highest BCUT2D eigenvalue weighted by molar-refractivity contribution is 6.00. The molecule has 240 valence electrons. The quantitative estimate of drug-likeness (QED) is 0.280. The second-order valence-corrected chi connectivity index (χ2v) is 13.8. The van der Waals surface area contributed by atoms with Gasteiger partial charge in [-0.3, -0.25) is 9.59 Å². The van der Waals surface area contributed by atoms with Crippen LogP contribution in [0.25, 0.3) is 33.6 Å². The van der Waals surface area contributed by atoms with Gasteiger partial charge in [-0.05, 0) is 69.0 Å². The Kier molecular flexibility index (Phi) is 8.61. The summed E-state index contributed by atoms with van der Waals surface area (Å²) >= 11 is 0. The zero-order valence-corrected chi connectivity index (χ0v) is 27.5. The maximum atomic E-state index is 13.4. The van der Waals surface area contributed by atoms with Crippen molar-refractivity contribution in [2.75, 3.05) is 20.2 Å². The summed E-state index contributed by atoms with van der Waals surface area (Å²) in [6.45, 7) is 10.8. The molecule has 6 rings (SSSR count). The Bertz CT molecular complexity index is 1740. The lowest BCUT2D eigenvalue weighted by Crippen LogP contribution is -2.48. The predicted octanol–water partition coefficient (Wildman–Crippen LogP) is 5.49. The molecule has 2 aliphatic rings. The molecule has 0 saturated carbocycles. The van der Waals surface area contributed by atoms with Gasteiger partial charge in [0.25, 0.3) is 5.91 Å². The number of aromatic nitrogens is 4. The van der Waals surface area contributed by atoms with Crippen molar-refractivity contribution in [1.82, 2.24) is 35.1 Å². The fraction of sp³-hybridized carbons (Fsp3) is 0.543. The largest absolute Gasteiger partial charge is 0.494 e. The summed E-state index contributed by atoms with van der Waals surface area (Å²) in [5, 5.41) is 10.8. The van der Waals surface area contributed by atoms with Crippen LogP contribution in [0, 0.1) is 11.3 Å². The molecular formula is C35H47N7O3. The number of amides is 2. The molecule has 0 unspecified atom stereocenters. The summed E-state index contributed by atoms with van der Waals surface area (Å²) in [5.41, 5.74) is 4.35. The van der Waals surface area contributed by atoms with Gasteiger partial charge in [0, 0.05) is 42.5 Å². The number of fused-ring (bicyclic) bond motifs is 2. The first-order chi connectivity index (χ1) is 21.6. The number of ether oxygens (including phenoxy) is 1. The smallest absolute Gasteiger partial charge is 0.251 e. The van der Waals surface area contributed by atoms with Crippen molar-refractivity contribution < 1.29 is 14.3 Å². The van der Waals surface area contributed by atoms with Crippen molar-refractivity contribution in [3.8, 4) is 17.3 Å². The fourth-order valence-corrected chi connectivity index (χ4v) is 6.93. The minimum atomic E-state index is -0.413. The number of rotatable bonds is 4. The molecule has 3 atom stereocenters. The van der Waals surface area contributed by atoms with Crippen molar-refractivity contribution in [3.05, 3.63) is 41.6 Å². The molecule has 1 aromatic carbocycles. The van der Waals surface area contributed by atoms with E-state index in [9.17, 15) is 9.59 Å². The topological polar surface area (TPSA) is 115 Å². The summed E-state index contributed by atoms with van der Waals surface area (Å²) in [6.07, 6.45) is 5.96. The number of benzene rings is 1. The van der Waals surface area contributed by atoms with Gasteiger partial charge in [0.1, 0.15) is 16.9 Å². The lowest BCUT2D eigenvalue weighted by molar-refractivity contribution is -0.130. The summed E-state index contributed by atoms with van der Waals surface area (Å²) < 4.78 is 10.1. The fourth-order valence-electron chi connectivity index (χ4n) is 6.93. The van der Waals surface area contributed by atoms with Gasteiger partial charge in [-0.2, -0.15) is 0 Å². The number of hydrogen-bond donors (Lipinski definition) is 3. The van der Waals surface area contributed by atoms with Gasteiger partial charge >= 0.3 is 0 Å². The van der Waals surface area contributed by atoms with Crippen LogP contribution >= 0.6 is 0 Å². The molecule has 0 radical (unpaired) electrons. The Balaban J connectivity index is 1.40. The molecule has 10 heteroatoms. The third-order valence-corrected chi connectivity index (χ3v) is 9.66. The Labute approximate surface area is 265 Å². The molecule has 45 heavy (non-hydrogen) atoms. The predicted molar refractivity (Wildman–Crippen MR) is 177 cm³/mol. The van der Waals surface area contributed by atoms with Gasteiger partial charge < -0.3 is 29.8 Å². The Morgan fingerprint density at radius 1 is 1.07 bits per heavy atom. The lowest BCUT2D eigenvalue weighted by Gasteiger charge is -2.28. The average molecular weight is 614 g/mol. The summed E-state index contributed by atoms with van der Waals surface area (Å²) in [7, 11) is 3.63. The third kappa shape index (κ3) is 6.17. The molecule has 0 spiro atoms. The van der Waals surface area contributed by atoms with E-state index in [0.29, 0.717) is 22.7 Å².